The third-order valence-electron chi connectivity index (χ3n) is 2.87. The lowest BCUT2D eigenvalue weighted by Gasteiger charge is -2.28. The van der Waals surface area contributed by atoms with Crippen LogP contribution in [0.3, 0.4) is 0 Å². The highest BCUT2D eigenvalue weighted by atomic mass is 15.3. The fourth-order valence-corrected chi connectivity index (χ4v) is 2.00. The van der Waals surface area contributed by atoms with Crippen molar-refractivity contribution >= 4 is 22.8 Å². The van der Waals surface area contributed by atoms with Crippen LogP contribution in [0.2, 0.25) is 0 Å². The normalized spacial score (nSPS) is 11.2. The van der Waals surface area contributed by atoms with Gasteiger partial charge in [-0.3, -0.25) is 5.10 Å². The van der Waals surface area contributed by atoms with Gasteiger partial charge in [0, 0.05) is 19.6 Å². The summed E-state index contributed by atoms with van der Waals surface area (Å²) >= 11 is 0. The molecule has 98 valence electrons. The van der Waals surface area contributed by atoms with Gasteiger partial charge in [0.2, 0.25) is 5.95 Å². The molecule has 6 heteroatoms. The number of nitrogens with zero attached hydrogens (tertiary/aromatic N) is 4. The first-order valence-electron chi connectivity index (χ1n) is 6.32. The Morgan fingerprint density at radius 3 is 2.78 bits per heavy atom. The summed E-state index contributed by atoms with van der Waals surface area (Å²) in [6.45, 7) is 7.48. The molecule has 0 spiro atoms. The molecule has 2 aromatic rings. The summed E-state index contributed by atoms with van der Waals surface area (Å²) in [5.74, 6) is 1.55. The van der Waals surface area contributed by atoms with Crippen molar-refractivity contribution in [2.45, 2.75) is 33.2 Å². The zero-order valence-electron chi connectivity index (χ0n) is 11.4. The van der Waals surface area contributed by atoms with Crippen LogP contribution in [0.5, 0.6) is 0 Å². The van der Waals surface area contributed by atoms with Crippen LogP contribution in [0.15, 0.2) is 6.20 Å². The van der Waals surface area contributed by atoms with Gasteiger partial charge >= 0.3 is 0 Å². The van der Waals surface area contributed by atoms with Crippen molar-refractivity contribution < 1.29 is 0 Å². The van der Waals surface area contributed by atoms with Crippen molar-refractivity contribution in [3.63, 3.8) is 0 Å². The minimum absolute atomic E-state index is 0.391. The van der Waals surface area contributed by atoms with E-state index in [0.717, 1.165) is 29.8 Å². The van der Waals surface area contributed by atoms with Crippen molar-refractivity contribution in [2.24, 2.45) is 0 Å². The smallest absolute Gasteiger partial charge is 0.226 e. The van der Waals surface area contributed by atoms with E-state index in [-0.39, 0.29) is 0 Å². The van der Waals surface area contributed by atoms with Gasteiger partial charge in [0.15, 0.2) is 5.65 Å². The molecule has 0 saturated heterocycles. The maximum Gasteiger partial charge on any atom is 0.226 e. The molecule has 0 aliphatic carbocycles. The summed E-state index contributed by atoms with van der Waals surface area (Å²) < 4.78 is 0. The summed E-state index contributed by atoms with van der Waals surface area (Å²) in [5.41, 5.74) is 0.770. The van der Waals surface area contributed by atoms with E-state index < -0.39 is 0 Å². The molecule has 0 unspecified atom stereocenters. The molecule has 0 saturated carbocycles. The molecule has 2 heterocycles. The second-order valence-electron chi connectivity index (χ2n) is 4.54. The monoisotopic (exact) mass is 248 g/mol. The number of nitrogens with one attached hydrogen (secondary N) is 2. The number of anilines is 2. The first-order chi connectivity index (χ1) is 8.67. The predicted octanol–water partition coefficient (Wildman–Crippen LogP) is 2.02. The molecule has 0 amide bonds. The summed E-state index contributed by atoms with van der Waals surface area (Å²) in [5, 5.41) is 10.9. The Morgan fingerprint density at radius 1 is 1.39 bits per heavy atom. The summed E-state index contributed by atoms with van der Waals surface area (Å²) in [6, 6.07) is 0.391. The van der Waals surface area contributed by atoms with Crippen molar-refractivity contribution in [2.75, 3.05) is 23.8 Å². The number of hydrogen-bond donors (Lipinski definition) is 2. The van der Waals surface area contributed by atoms with Gasteiger partial charge in [-0.15, -0.1) is 0 Å². The Kier molecular flexibility index (Phi) is 3.64. The van der Waals surface area contributed by atoms with E-state index in [1.54, 1.807) is 6.20 Å². The Balaban J connectivity index is 2.55. The highest BCUT2D eigenvalue weighted by molar-refractivity contribution is 5.87. The van der Waals surface area contributed by atoms with Crippen LogP contribution >= 0.6 is 0 Å². The van der Waals surface area contributed by atoms with Gasteiger partial charge in [0.05, 0.1) is 11.6 Å². The number of H-pyrrole nitrogens is 1. The molecule has 0 fully saturated rings. The van der Waals surface area contributed by atoms with Gasteiger partial charge < -0.3 is 10.2 Å². The molecule has 0 aliphatic heterocycles. The molecule has 0 radical (unpaired) electrons. The fraction of sp³-hybridized carbons (Fsp3) is 0.583. The highest BCUT2D eigenvalue weighted by Crippen LogP contribution is 2.25. The van der Waals surface area contributed by atoms with Crippen LogP contribution < -0.4 is 10.2 Å². The topological polar surface area (TPSA) is 69.7 Å². The van der Waals surface area contributed by atoms with Crippen molar-refractivity contribution in [1.82, 2.24) is 20.2 Å². The first kappa shape index (κ1) is 12.6. The van der Waals surface area contributed by atoms with Crippen molar-refractivity contribution in [3.8, 4) is 0 Å². The molecule has 18 heavy (non-hydrogen) atoms. The average molecular weight is 248 g/mol. The van der Waals surface area contributed by atoms with Crippen LogP contribution in [-0.2, 0) is 0 Å². The largest absolute Gasteiger partial charge is 0.357 e. The minimum atomic E-state index is 0.391. The van der Waals surface area contributed by atoms with E-state index in [0.29, 0.717) is 12.0 Å². The molecular weight excluding hydrogens is 228 g/mol. The second-order valence-corrected chi connectivity index (χ2v) is 4.54. The van der Waals surface area contributed by atoms with Gasteiger partial charge in [-0.05, 0) is 20.3 Å². The van der Waals surface area contributed by atoms with E-state index >= 15 is 0 Å². The Morgan fingerprint density at radius 2 is 2.17 bits per heavy atom. The molecule has 0 aliphatic rings. The van der Waals surface area contributed by atoms with E-state index in [1.165, 1.54) is 0 Å². The van der Waals surface area contributed by atoms with Crippen LogP contribution in [0.4, 0.5) is 11.8 Å². The Labute approximate surface area is 107 Å². The van der Waals surface area contributed by atoms with Crippen LogP contribution in [0.1, 0.15) is 27.2 Å². The molecule has 2 aromatic heterocycles. The van der Waals surface area contributed by atoms with Crippen LogP contribution in [-0.4, -0.2) is 39.8 Å². The number of aromatic nitrogens is 4. The number of fused-ring (bicyclic) bond motifs is 1. The zero-order valence-corrected chi connectivity index (χ0v) is 11.4. The maximum absolute atomic E-state index is 4.58. The van der Waals surface area contributed by atoms with Crippen molar-refractivity contribution in [3.05, 3.63) is 6.20 Å². The lowest BCUT2D eigenvalue weighted by molar-refractivity contribution is 0.664. The molecule has 0 bridgehead atoms. The predicted molar refractivity (Wildman–Crippen MR) is 74.0 cm³/mol. The SMILES string of the molecule is CCCN(c1nc(NC)nc2[nH]ncc12)C(C)C. The van der Waals surface area contributed by atoms with E-state index in [1.807, 2.05) is 7.05 Å². The standard InChI is InChI=1S/C12H20N6/c1-5-6-18(8(2)3)11-9-7-14-17-10(9)15-12(13-4)16-11/h7-8H,5-6H2,1-4H3,(H2,13,14,15,16,17). The molecule has 6 nitrogen and oxygen atoms in total. The maximum atomic E-state index is 4.58. The van der Waals surface area contributed by atoms with Crippen molar-refractivity contribution in [1.29, 1.82) is 0 Å². The third-order valence-corrected chi connectivity index (χ3v) is 2.87. The van der Waals surface area contributed by atoms with E-state index in [2.05, 4.69) is 51.2 Å². The van der Waals surface area contributed by atoms with Gasteiger partial charge in [-0.2, -0.15) is 15.1 Å². The van der Waals surface area contributed by atoms with Crippen LogP contribution in [0.25, 0.3) is 11.0 Å². The summed E-state index contributed by atoms with van der Waals surface area (Å²) in [4.78, 5) is 11.2. The summed E-state index contributed by atoms with van der Waals surface area (Å²) in [7, 11) is 1.82. The van der Waals surface area contributed by atoms with Gasteiger partial charge in [0.25, 0.3) is 0 Å². The lowest BCUT2D eigenvalue weighted by Crippen LogP contribution is -2.32. The molecule has 2 N–H and O–H groups in total. The third kappa shape index (κ3) is 2.23. The number of hydrogen-bond acceptors (Lipinski definition) is 5. The molecule has 0 atom stereocenters. The number of aromatic amines is 1. The molecular formula is C12H20N6. The minimum Gasteiger partial charge on any atom is -0.357 e. The highest BCUT2D eigenvalue weighted by Gasteiger charge is 2.17. The Bertz CT molecular complexity index is 518. The molecule has 2 rings (SSSR count). The lowest BCUT2D eigenvalue weighted by atomic mass is 10.2. The van der Waals surface area contributed by atoms with Gasteiger partial charge in [-0.25, -0.2) is 0 Å². The van der Waals surface area contributed by atoms with E-state index in [9.17, 15) is 0 Å². The van der Waals surface area contributed by atoms with E-state index in [4.69, 9.17) is 0 Å². The molecule has 0 aromatic carbocycles. The number of rotatable bonds is 5. The fourth-order valence-electron chi connectivity index (χ4n) is 2.00. The second kappa shape index (κ2) is 5.20. The summed E-state index contributed by atoms with van der Waals surface area (Å²) in [6.07, 6.45) is 2.87. The first-order valence-corrected chi connectivity index (χ1v) is 6.32. The average Bonchev–Trinajstić information content (AvgIpc) is 2.82. The quantitative estimate of drug-likeness (QED) is 0.847. The van der Waals surface area contributed by atoms with Gasteiger partial charge in [0.1, 0.15) is 5.82 Å². The van der Waals surface area contributed by atoms with Gasteiger partial charge in [-0.1, -0.05) is 6.92 Å². The Hall–Kier alpha value is -1.85. The van der Waals surface area contributed by atoms with Crippen LogP contribution in [0, 0.1) is 0 Å². The zero-order chi connectivity index (χ0) is 13.1.